The molecule has 2 aromatic rings. The zero-order valence-corrected chi connectivity index (χ0v) is 16.9. The highest BCUT2D eigenvalue weighted by atomic mass is 19.1. The number of nitrogens with one attached hydrogen (secondary N) is 1. The highest BCUT2D eigenvalue weighted by Gasteiger charge is 2.38. The Morgan fingerprint density at radius 1 is 0.931 bits per heavy atom. The molecule has 1 amide bonds. The van der Waals surface area contributed by atoms with Gasteiger partial charge in [-0.05, 0) is 50.4 Å². The Bertz CT molecular complexity index is 813. The van der Waals surface area contributed by atoms with Crippen LogP contribution in [0.25, 0.3) is 0 Å². The van der Waals surface area contributed by atoms with E-state index in [1.54, 1.807) is 18.2 Å². The molecule has 2 saturated heterocycles. The van der Waals surface area contributed by atoms with Gasteiger partial charge < -0.3 is 5.32 Å². The fourth-order valence-electron chi connectivity index (χ4n) is 4.86. The van der Waals surface area contributed by atoms with Crippen LogP contribution in [0.1, 0.15) is 36.8 Å². The van der Waals surface area contributed by atoms with Crippen LogP contribution in [-0.2, 0) is 17.9 Å². The number of hydrogen-bond acceptors (Lipinski definition) is 3. The Morgan fingerprint density at radius 3 is 2.34 bits per heavy atom. The number of hydrogen-bond donors (Lipinski definition) is 1. The summed E-state index contributed by atoms with van der Waals surface area (Å²) in [5, 5.41) is 2.89. The van der Waals surface area contributed by atoms with Crippen LogP contribution in [0, 0.1) is 5.82 Å². The molecule has 154 valence electrons. The number of likely N-dealkylation sites (tertiary alicyclic amines) is 2. The van der Waals surface area contributed by atoms with Gasteiger partial charge in [-0.1, -0.05) is 48.5 Å². The van der Waals surface area contributed by atoms with Crippen LogP contribution < -0.4 is 5.32 Å². The van der Waals surface area contributed by atoms with Crippen LogP contribution in [0.2, 0.25) is 0 Å². The maximum atomic E-state index is 13.8. The molecule has 2 aliphatic rings. The number of nitrogens with zero attached hydrogens (tertiary/aromatic N) is 2. The molecule has 2 atom stereocenters. The summed E-state index contributed by atoms with van der Waals surface area (Å²) in [7, 11) is 0. The van der Waals surface area contributed by atoms with Gasteiger partial charge in [-0.2, -0.15) is 0 Å². The number of benzene rings is 2. The van der Waals surface area contributed by atoms with Crippen LogP contribution in [-0.4, -0.2) is 47.4 Å². The summed E-state index contributed by atoms with van der Waals surface area (Å²) in [4.78, 5) is 17.5. The zero-order chi connectivity index (χ0) is 20.1. The number of amides is 1. The minimum absolute atomic E-state index is 0.0206. The van der Waals surface area contributed by atoms with E-state index in [9.17, 15) is 9.18 Å². The highest BCUT2D eigenvalue weighted by Crippen LogP contribution is 2.30. The van der Waals surface area contributed by atoms with E-state index >= 15 is 0 Å². The third-order valence-corrected chi connectivity index (χ3v) is 6.28. The molecule has 2 heterocycles. The number of carbonyl (C=O) groups excluding carboxylic acids is 1. The Morgan fingerprint density at radius 2 is 1.59 bits per heavy atom. The maximum Gasteiger partial charge on any atom is 0.234 e. The predicted octanol–water partition coefficient (Wildman–Crippen LogP) is 3.57. The van der Waals surface area contributed by atoms with Crippen molar-refractivity contribution in [3.8, 4) is 0 Å². The minimum atomic E-state index is -0.269. The molecule has 29 heavy (non-hydrogen) atoms. The lowest BCUT2D eigenvalue weighted by atomic mass is 10.0. The zero-order valence-electron chi connectivity index (χ0n) is 16.9. The molecule has 0 bridgehead atoms. The number of carbonyl (C=O) groups is 1. The van der Waals surface area contributed by atoms with Crippen molar-refractivity contribution in [2.45, 2.75) is 50.9 Å². The molecule has 2 aliphatic heterocycles. The lowest BCUT2D eigenvalue weighted by Gasteiger charge is -2.34. The molecule has 1 N–H and O–H groups in total. The lowest BCUT2D eigenvalue weighted by Crippen LogP contribution is -2.48. The molecule has 4 rings (SSSR count). The Labute approximate surface area is 172 Å². The summed E-state index contributed by atoms with van der Waals surface area (Å²) in [6.07, 6.45) is 4.71. The van der Waals surface area contributed by atoms with Crippen molar-refractivity contribution in [1.82, 2.24) is 15.1 Å². The Hall–Kier alpha value is -2.24. The van der Waals surface area contributed by atoms with E-state index in [0.717, 1.165) is 32.5 Å². The molecule has 0 saturated carbocycles. The van der Waals surface area contributed by atoms with Gasteiger partial charge in [0.1, 0.15) is 5.82 Å². The van der Waals surface area contributed by atoms with Crippen molar-refractivity contribution in [3.63, 3.8) is 0 Å². The second-order valence-electron chi connectivity index (χ2n) is 8.21. The van der Waals surface area contributed by atoms with Crippen LogP contribution in [0.4, 0.5) is 4.39 Å². The van der Waals surface area contributed by atoms with E-state index in [1.807, 2.05) is 0 Å². The van der Waals surface area contributed by atoms with Crippen molar-refractivity contribution < 1.29 is 9.18 Å². The van der Waals surface area contributed by atoms with E-state index in [4.69, 9.17) is 0 Å². The smallest absolute Gasteiger partial charge is 0.234 e. The fourth-order valence-corrected chi connectivity index (χ4v) is 4.86. The molecular weight excluding hydrogens is 365 g/mol. The molecule has 0 aromatic heterocycles. The first-order valence-corrected chi connectivity index (χ1v) is 10.7. The molecule has 4 nitrogen and oxygen atoms in total. The van der Waals surface area contributed by atoms with Crippen molar-refractivity contribution in [2.75, 3.05) is 19.6 Å². The van der Waals surface area contributed by atoms with E-state index < -0.39 is 0 Å². The van der Waals surface area contributed by atoms with Crippen LogP contribution in [0.15, 0.2) is 54.6 Å². The van der Waals surface area contributed by atoms with Gasteiger partial charge >= 0.3 is 0 Å². The third kappa shape index (κ3) is 5.03. The summed E-state index contributed by atoms with van der Waals surface area (Å²) in [5.74, 6) is -0.290. The van der Waals surface area contributed by atoms with E-state index in [0.29, 0.717) is 24.2 Å². The fraction of sp³-hybridized carbons (Fsp3) is 0.458. The second kappa shape index (κ2) is 9.51. The summed E-state index contributed by atoms with van der Waals surface area (Å²) < 4.78 is 13.8. The van der Waals surface area contributed by atoms with E-state index in [2.05, 4.69) is 45.4 Å². The first kappa shape index (κ1) is 20.0. The van der Waals surface area contributed by atoms with Gasteiger partial charge in [0.2, 0.25) is 5.91 Å². The van der Waals surface area contributed by atoms with Crippen molar-refractivity contribution >= 4 is 5.91 Å². The summed E-state index contributed by atoms with van der Waals surface area (Å²) >= 11 is 0. The van der Waals surface area contributed by atoms with Crippen LogP contribution >= 0.6 is 0 Å². The molecular formula is C24H30FN3O. The summed E-state index contributed by atoms with van der Waals surface area (Å²) in [5.41, 5.74) is 1.88. The van der Waals surface area contributed by atoms with Crippen LogP contribution in [0.3, 0.4) is 0 Å². The highest BCUT2D eigenvalue weighted by molar-refractivity contribution is 5.78. The molecule has 2 unspecified atom stereocenters. The van der Waals surface area contributed by atoms with Gasteiger partial charge in [-0.25, -0.2) is 4.39 Å². The lowest BCUT2D eigenvalue weighted by molar-refractivity contribution is -0.122. The van der Waals surface area contributed by atoms with Gasteiger partial charge in [0.15, 0.2) is 0 Å². The number of halogens is 1. The molecule has 0 radical (unpaired) electrons. The van der Waals surface area contributed by atoms with Gasteiger partial charge in [-0.15, -0.1) is 0 Å². The van der Waals surface area contributed by atoms with Crippen molar-refractivity contribution in [1.29, 1.82) is 0 Å². The van der Waals surface area contributed by atoms with E-state index in [-0.39, 0.29) is 18.3 Å². The van der Waals surface area contributed by atoms with Gasteiger partial charge in [0, 0.05) is 30.7 Å². The second-order valence-corrected chi connectivity index (χ2v) is 8.21. The maximum absolute atomic E-state index is 13.8. The van der Waals surface area contributed by atoms with Gasteiger partial charge in [0.25, 0.3) is 0 Å². The molecule has 2 aromatic carbocycles. The quantitative estimate of drug-likeness (QED) is 0.779. The van der Waals surface area contributed by atoms with Gasteiger partial charge in [0.05, 0.1) is 6.54 Å². The first-order valence-electron chi connectivity index (χ1n) is 10.7. The SMILES string of the molecule is O=C(CN1CCCC1C1CCCN1Cc1ccccc1)NCc1ccccc1F. The molecule has 5 heteroatoms. The molecule has 0 spiro atoms. The molecule has 2 fully saturated rings. The topological polar surface area (TPSA) is 35.6 Å². The Balaban J connectivity index is 1.33. The largest absolute Gasteiger partial charge is 0.351 e. The predicted molar refractivity (Wildman–Crippen MR) is 113 cm³/mol. The Kier molecular flexibility index (Phi) is 6.57. The van der Waals surface area contributed by atoms with Crippen LogP contribution in [0.5, 0.6) is 0 Å². The van der Waals surface area contributed by atoms with Crippen molar-refractivity contribution in [2.24, 2.45) is 0 Å². The minimum Gasteiger partial charge on any atom is -0.351 e. The number of rotatable bonds is 7. The molecule has 0 aliphatic carbocycles. The van der Waals surface area contributed by atoms with E-state index in [1.165, 1.54) is 24.5 Å². The average molecular weight is 396 g/mol. The average Bonchev–Trinajstić information content (AvgIpc) is 3.37. The summed E-state index contributed by atoms with van der Waals surface area (Å²) in [6.45, 7) is 3.72. The normalized spacial score (nSPS) is 22.8. The third-order valence-electron chi connectivity index (χ3n) is 6.28. The standard InChI is InChI=1S/C24H30FN3O/c25-21-11-5-4-10-20(21)16-26-24(29)18-28-15-7-13-23(28)22-12-6-14-27(22)17-19-8-2-1-3-9-19/h1-5,8-11,22-23H,6-7,12-18H2,(H,26,29). The monoisotopic (exact) mass is 395 g/mol. The van der Waals surface area contributed by atoms with Gasteiger partial charge in [-0.3, -0.25) is 14.6 Å². The summed E-state index contributed by atoms with van der Waals surface area (Å²) in [6, 6.07) is 18.2. The first-order chi connectivity index (χ1) is 14.2. The van der Waals surface area contributed by atoms with Crippen molar-refractivity contribution in [3.05, 3.63) is 71.5 Å².